The monoisotopic (exact) mass is 486 g/mol. The number of sulfonamides is 1. The molecule has 0 aromatic heterocycles. The fourth-order valence-electron chi connectivity index (χ4n) is 3.71. The van der Waals surface area contributed by atoms with Crippen molar-refractivity contribution < 1.29 is 27.5 Å². The number of carbonyl (C=O) groups excluding carboxylic acids is 3. The fourth-order valence-corrected chi connectivity index (χ4v) is 5.18. The molecule has 1 aliphatic rings. The molecule has 9 heteroatoms. The minimum absolute atomic E-state index is 0.0350. The summed E-state index contributed by atoms with van der Waals surface area (Å²) in [4.78, 5) is 37.9. The van der Waals surface area contributed by atoms with Crippen LogP contribution >= 0.6 is 0 Å². The molecule has 0 saturated carbocycles. The Bertz CT molecular complexity index is 1140. The zero-order valence-electron chi connectivity index (χ0n) is 19.5. The summed E-state index contributed by atoms with van der Waals surface area (Å²) in [6, 6.07) is 12.8. The number of amides is 1. The van der Waals surface area contributed by atoms with E-state index in [1.165, 1.54) is 35.5 Å². The molecule has 2 aromatic rings. The number of hydrogen-bond donors (Lipinski definition) is 0. The van der Waals surface area contributed by atoms with E-state index in [-0.39, 0.29) is 35.2 Å². The van der Waals surface area contributed by atoms with Gasteiger partial charge in [0.05, 0.1) is 10.5 Å². The molecule has 1 aliphatic heterocycles. The van der Waals surface area contributed by atoms with E-state index in [4.69, 9.17) is 4.74 Å². The number of ketones is 1. The van der Waals surface area contributed by atoms with Gasteiger partial charge in [0, 0.05) is 38.7 Å². The topological polar surface area (TPSA) is 101 Å². The largest absolute Gasteiger partial charge is 0.454 e. The standard InChI is InChI=1S/C25H30N2O6S/c1-3-4-6-20-9-11-21(12-10-20)24(29)18-33-25(30)22-7-5-8-23(17-22)34(31,32)27-15-13-26(14-16-27)19(2)28/h5,7-12,17H,3-4,6,13-16,18H2,1-2H3. The van der Waals surface area contributed by atoms with Crippen LogP contribution in [-0.4, -0.2) is 68.1 Å². The van der Waals surface area contributed by atoms with Crippen LogP contribution in [0.2, 0.25) is 0 Å². The summed E-state index contributed by atoms with van der Waals surface area (Å²) in [6.07, 6.45) is 3.12. The number of nitrogens with zero attached hydrogens (tertiary/aromatic N) is 2. The maximum Gasteiger partial charge on any atom is 0.338 e. The van der Waals surface area contributed by atoms with Crippen molar-refractivity contribution in [2.75, 3.05) is 32.8 Å². The minimum atomic E-state index is -3.83. The van der Waals surface area contributed by atoms with E-state index < -0.39 is 22.6 Å². The number of Topliss-reactive ketones (excluding diaryl/α,β-unsaturated/α-hetero) is 1. The number of aryl methyl sites for hydroxylation is 1. The molecule has 1 fully saturated rings. The Morgan fingerprint density at radius 2 is 1.62 bits per heavy atom. The Kier molecular flexibility index (Phi) is 8.57. The van der Waals surface area contributed by atoms with Gasteiger partial charge in [-0.1, -0.05) is 43.7 Å². The molecule has 0 unspecified atom stereocenters. The Balaban J connectivity index is 1.61. The molecule has 182 valence electrons. The molecule has 1 heterocycles. The number of hydrogen-bond acceptors (Lipinski definition) is 6. The van der Waals surface area contributed by atoms with Gasteiger partial charge in [-0.2, -0.15) is 4.31 Å². The first-order valence-corrected chi connectivity index (χ1v) is 12.8. The normalized spacial score (nSPS) is 14.6. The van der Waals surface area contributed by atoms with E-state index in [9.17, 15) is 22.8 Å². The second-order valence-corrected chi connectivity index (χ2v) is 10.2. The lowest BCUT2D eigenvalue weighted by Gasteiger charge is -2.33. The van der Waals surface area contributed by atoms with Crippen LogP contribution in [0.25, 0.3) is 0 Å². The van der Waals surface area contributed by atoms with Crippen LogP contribution in [0.1, 0.15) is 53.0 Å². The van der Waals surface area contributed by atoms with Gasteiger partial charge in [0.15, 0.2) is 12.4 Å². The first-order chi connectivity index (χ1) is 16.2. The third kappa shape index (κ3) is 6.30. The second-order valence-electron chi connectivity index (χ2n) is 8.24. The molecule has 0 spiro atoms. The lowest BCUT2D eigenvalue weighted by atomic mass is 10.0. The van der Waals surface area contributed by atoms with E-state index in [2.05, 4.69) is 6.92 Å². The van der Waals surface area contributed by atoms with Crippen LogP contribution in [0.15, 0.2) is 53.4 Å². The van der Waals surface area contributed by atoms with Crippen LogP contribution in [0.3, 0.4) is 0 Å². The van der Waals surface area contributed by atoms with E-state index in [0.717, 1.165) is 24.8 Å². The third-order valence-electron chi connectivity index (χ3n) is 5.82. The van der Waals surface area contributed by atoms with E-state index >= 15 is 0 Å². The number of esters is 1. The van der Waals surface area contributed by atoms with E-state index in [1.54, 1.807) is 17.0 Å². The summed E-state index contributed by atoms with van der Waals surface area (Å²) in [7, 11) is -3.83. The SMILES string of the molecule is CCCCc1ccc(C(=O)COC(=O)c2cccc(S(=O)(=O)N3CCN(C(C)=O)CC3)c2)cc1. The molecule has 1 amide bonds. The molecule has 0 aliphatic carbocycles. The maximum atomic E-state index is 13.0. The van der Waals surface area contributed by atoms with Gasteiger partial charge in [-0.15, -0.1) is 0 Å². The number of rotatable bonds is 9. The average molecular weight is 487 g/mol. The second kappa shape index (κ2) is 11.4. The zero-order chi connectivity index (χ0) is 24.7. The Morgan fingerprint density at radius 1 is 0.941 bits per heavy atom. The highest BCUT2D eigenvalue weighted by atomic mass is 32.2. The van der Waals surface area contributed by atoms with Crippen LogP contribution < -0.4 is 0 Å². The number of carbonyl (C=O) groups is 3. The lowest BCUT2D eigenvalue weighted by Crippen LogP contribution is -2.49. The quantitative estimate of drug-likeness (QED) is 0.399. The molecule has 0 radical (unpaired) electrons. The van der Waals surface area contributed by atoms with Gasteiger partial charge in [-0.05, 0) is 36.6 Å². The Morgan fingerprint density at radius 3 is 2.24 bits per heavy atom. The average Bonchev–Trinajstić information content (AvgIpc) is 2.86. The van der Waals surface area contributed by atoms with E-state index in [1.807, 2.05) is 12.1 Å². The van der Waals surface area contributed by atoms with Gasteiger partial charge in [-0.3, -0.25) is 9.59 Å². The molecular formula is C25H30N2O6S. The number of benzene rings is 2. The number of piperazine rings is 1. The smallest absolute Gasteiger partial charge is 0.338 e. The Labute approximate surface area is 200 Å². The van der Waals surface area contributed by atoms with Crippen molar-refractivity contribution in [2.45, 2.75) is 38.0 Å². The lowest BCUT2D eigenvalue weighted by molar-refractivity contribution is -0.129. The van der Waals surface area contributed by atoms with Gasteiger partial charge in [0.2, 0.25) is 15.9 Å². The molecule has 0 atom stereocenters. The molecule has 1 saturated heterocycles. The van der Waals surface area contributed by atoms with Gasteiger partial charge >= 0.3 is 5.97 Å². The highest BCUT2D eigenvalue weighted by molar-refractivity contribution is 7.89. The van der Waals surface area contributed by atoms with Gasteiger partial charge in [-0.25, -0.2) is 13.2 Å². The molecule has 0 bridgehead atoms. The summed E-state index contributed by atoms with van der Waals surface area (Å²) in [5, 5.41) is 0. The first kappa shape index (κ1) is 25.6. The van der Waals surface area contributed by atoms with Crippen molar-refractivity contribution in [2.24, 2.45) is 0 Å². The van der Waals surface area contributed by atoms with Crippen molar-refractivity contribution in [3.05, 3.63) is 65.2 Å². The summed E-state index contributed by atoms with van der Waals surface area (Å²) in [6.45, 7) is 4.14. The van der Waals surface area contributed by atoms with E-state index in [0.29, 0.717) is 18.7 Å². The molecule has 3 rings (SSSR count). The van der Waals surface area contributed by atoms with Gasteiger partial charge < -0.3 is 9.64 Å². The van der Waals surface area contributed by atoms with Crippen LogP contribution in [0.5, 0.6) is 0 Å². The van der Waals surface area contributed by atoms with Crippen LogP contribution in [0, 0.1) is 0 Å². The van der Waals surface area contributed by atoms with Crippen molar-refractivity contribution in [3.8, 4) is 0 Å². The molecule has 2 aromatic carbocycles. The zero-order valence-corrected chi connectivity index (χ0v) is 20.3. The number of ether oxygens (including phenoxy) is 1. The van der Waals surface area contributed by atoms with Crippen molar-refractivity contribution in [1.82, 2.24) is 9.21 Å². The van der Waals surface area contributed by atoms with Gasteiger partial charge in [0.1, 0.15) is 0 Å². The Hall–Kier alpha value is -3.04. The van der Waals surface area contributed by atoms with Crippen molar-refractivity contribution in [1.29, 1.82) is 0 Å². The molecule has 8 nitrogen and oxygen atoms in total. The molecule has 0 N–H and O–H groups in total. The van der Waals surface area contributed by atoms with Crippen LogP contribution in [0.4, 0.5) is 0 Å². The van der Waals surface area contributed by atoms with Crippen LogP contribution in [-0.2, 0) is 26.0 Å². The maximum absolute atomic E-state index is 13.0. The van der Waals surface area contributed by atoms with Crippen molar-refractivity contribution >= 4 is 27.7 Å². The van der Waals surface area contributed by atoms with Crippen molar-refractivity contribution in [3.63, 3.8) is 0 Å². The molecular weight excluding hydrogens is 456 g/mol. The summed E-state index contributed by atoms with van der Waals surface area (Å²) in [5.41, 5.74) is 1.65. The predicted octanol–water partition coefficient (Wildman–Crippen LogP) is 2.92. The van der Waals surface area contributed by atoms with Gasteiger partial charge in [0.25, 0.3) is 0 Å². The fraction of sp³-hybridized carbons (Fsp3) is 0.400. The minimum Gasteiger partial charge on any atom is -0.454 e. The summed E-state index contributed by atoms with van der Waals surface area (Å²) in [5.74, 6) is -1.20. The first-order valence-electron chi connectivity index (χ1n) is 11.4. The molecule has 34 heavy (non-hydrogen) atoms. The predicted molar refractivity (Wildman–Crippen MR) is 127 cm³/mol. The highest BCUT2D eigenvalue weighted by Gasteiger charge is 2.29. The summed E-state index contributed by atoms with van der Waals surface area (Å²) >= 11 is 0. The summed E-state index contributed by atoms with van der Waals surface area (Å²) < 4.78 is 32.4. The third-order valence-corrected chi connectivity index (χ3v) is 7.72. The highest BCUT2D eigenvalue weighted by Crippen LogP contribution is 2.19. The number of unbranched alkanes of at least 4 members (excludes halogenated alkanes) is 1.